The number of carbonyl (C=O) groups is 1. The molecule has 2 aromatic heterocycles. The minimum atomic E-state index is -0.690. The van der Waals surface area contributed by atoms with Crippen LogP contribution in [0.25, 0.3) is 0 Å². The highest BCUT2D eigenvalue weighted by Crippen LogP contribution is 2.01. The molecular weight excluding hydrogens is 234 g/mol. The molecule has 0 saturated carbocycles. The summed E-state index contributed by atoms with van der Waals surface area (Å²) >= 11 is 0. The second-order valence-corrected chi connectivity index (χ2v) is 4.14. The van der Waals surface area contributed by atoms with Gasteiger partial charge in [-0.15, -0.1) is 0 Å². The van der Waals surface area contributed by atoms with Crippen molar-refractivity contribution in [1.82, 2.24) is 13.7 Å². The van der Waals surface area contributed by atoms with Crippen molar-refractivity contribution in [2.24, 2.45) is 14.1 Å². The van der Waals surface area contributed by atoms with Crippen molar-refractivity contribution in [1.29, 1.82) is 0 Å². The van der Waals surface area contributed by atoms with Crippen LogP contribution in [0.2, 0.25) is 0 Å². The van der Waals surface area contributed by atoms with Gasteiger partial charge in [-0.05, 0) is 6.07 Å². The van der Waals surface area contributed by atoms with Crippen LogP contribution in [-0.2, 0) is 20.6 Å². The van der Waals surface area contributed by atoms with Crippen LogP contribution in [0.3, 0.4) is 0 Å². The zero-order chi connectivity index (χ0) is 13.3. The Labute approximate surface area is 103 Å². The van der Waals surface area contributed by atoms with Gasteiger partial charge in [-0.2, -0.15) is 0 Å². The summed E-state index contributed by atoms with van der Waals surface area (Å²) in [6, 6.07) is 1.68. The molecule has 0 unspecified atom stereocenters. The average molecular weight is 247 g/mol. The minimum Gasteiger partial charge on any atom is -0.357 e. The summed E-state index contributed by atoms with van der Waals surface area (Å²) in [7, 11) is 3.30. The van der Waals surface area contributed by atoms with E-state index in [-0.39, 0.29) is 12.3 Å². The number of rotatable bonds is 3. The van der Waals surface area contributed by atoms with Gasteiger partial charge in [0.15, 0.2) is 5.78 Å². The Morgan fingerprint density at radius 1 is 1.11 bits per heavy atom. The first kappa shape index (κ1) is 12.1. The monoisotopic (exact) mass is 247 g/mol. The molecule has 0 aliphatic rings. The van der Waals surface area contributed by atoms with E-state index in [1.54, 1.807) is 30.1 Å². The van der Waals surface area contributed by atoms with Gasteiger partial charge in [0.05, 0.1) is 6.54 Å². The third kappa shape index (κ3) is 2.17. The van der Waals surface area contributed by atoms with Crippen LogP contribution in [0.4, 0.5) is 0 Å². The predicted octanol–water partition coefficient (Wildman–Crippen LogP) is -0.232. The Morgan fingerprint density at radius 3 is 2.44 bits per heavy atom. The maximum Gasteiger partial charge on any atom is 0.316 e. The average Bonchev–Trinajstić information content (AvgIpc) is 2.77. The van der Waals surface area contributed by atoms with Crippen molar-refractivity contribution in [3.8, 4) is 0 Å². The summed E-state index contributed by atoms with van der Waals surface area (Å²) in [5.74, 6) is -0.203. The number of hydrogen-bond acceptors (Lipinski definition) is 3. The van der Waals surface area contributed by atoms with Crippen LogP contribution in [-0.4, -0.2) is 19.5 Å². The van der Waals surface area contributed by atoms with Crippen molar-refractivity contribution >= 4 is 5.78 Å². The quantitative estimate of drug-likeness (QED) is 0.556. The molecule has 0 aliphatic carbocycles. The van der Waals surface area contributed by atoms with Gasteiger partial charge in [0.25, 0.3) is 0 Å². The van der Waals surface area contributed by atoms with Crippen molar-refractivity contribution in [3.63, 3.8) is 0 Å². The van der Waals surface area contributed by atoms with E-state index >= 15 is 0 Å². The van der Waals surface area contributed by atoms with Gasteiger partial charge >= 0.3 is 11.1 Å². The van der Waals surface area contributed by atoms with Gasteiger partial charge in [0.2, 0.25) is 0 Å². The molecule has 94 valence electrons. The fourth-order valence-corrected chi connectivity index (χ4v) is 1.63. The zero-order valence-corrected chi connectivity index (χ0v) is 10.2. The van der Waals surface area contributed by atoms with Crippen LogP contribution < -0.4 is 11.1 Å². The van der Waals surface area contributed by atoms with Crippen molar-refractivity contribution in [2.75, 3.05) is 0 Å². The smallest absolute Gasteiger partial charge is 0.316 e. The molecular formula is C12H13N3O3. The van der Waals surface area contributed by atoms with E-state index in [9.17, 15) is 14.4 Å². The lowest BCUT2D eigenvalue weighted by atomic mass is 10.2. The van der Waals surface area contributed by atoms with E-state index in [2.05, 4.69) is 0 Å². The highest BCUT2D eigenvalue weighted by Gasteiger charge is 2.10. The lowest BCUT2D eigenvalue weighted by molar-refractivity contribution is 0.0970. The molecule has 0 aromatic carbocycles. The lowest BCUT2D eigenvalue weighted by Crippen LogP contribution is -2.40. The molecule has 0 atom stereocenters. The largest absolute Gasteiger partial charge is 0.357 e. The van der Waals surface area contributed by atoms with Crippen LogP contribution >= 0.6 is 0 Å². The maximum atomic E-state index is 11.9. The number of Topliss-reactive ketones (excluding diaryl/α,β-unsaturated/α-hetero) is 1. The molecule has 2 rings (SSSR count). The number of nitrogens with zero attached hydrogens (tertiary/aromatic N) is 3. The second-order valence-electron chi connectivity index (χ2n) is 4.14. The van der Waals surface area contributed by atoms with E-state index in [1.807, 2.05) is 0 Å². The number of carbonyl (C=O) groups excluding carboxylic acids is 1. The van der Waals surface area contributed by atoms with Gasteiger partial charge in [-0.25, -0.2) is 0 Å². The number of ketones is 1. The minimum absolute atomic E-state index is 0.126. The first-order chi connectivity index (χ1) is 8.49. The summed E-state index contributed by atoms with van der Waals surface area (Å²) in [6.07, 6.45) is 6.32. The summed E-state index contributed by atoms with van der Waals surface area (Å²) in [5.41, 5.74) is -0.812. The summed E-state index contributed by atoms with van der Waals surface area (Å²) in [4.78, 5) is 35.0. The standard InChI is InChI=1S/C12H13N3O3/c1-13-4-3-9(7-13)10(16)8-15-6-5-14(2)11(17)12(15)18/h3-7H,8H2,1-2H3. The normalized spacial score (nSPS) is 10.6. The molecule has 2 aromatic rings. The molecule has 2 heterocycles. The van der Waals surface area contributed by atoms with Gasteiger partial charge in [-0.1, -0.05) is 0 Å². The highest BCUT2D eigenvalue weighted by molar-refractivity contribution is 5.95. The SMILES string of the molecule is Cn1ccc(C(=O)Cn2ccn(C)c(=O)c2=O)c1. The van der Waals surface area contributed by atoms with E-state index in [1.165, 1.54) is 24.0 Å². The Bertz CT molecular complexity index is 706. The fourth-order valence-electron chi connectivity index (χ4n) is 1.63. The third-order valence-corrected chi connectivity index (χ3v) is 2.70. The predicted molar refractivity (Wildman–Crippen MR) is 65.7 cm³/mol. The Hall–Kier alpha value is -2.37. The van der Waals surface area contributed by atoms with Crippen molar-refractivity contribution in [3.05, 3.63) is 57.1 Å². The molecule has 0 saturated heterocycles. The molecule has 0 amide bonds. The molecule has 6 heteroatoms. The summed E-state index contributed by atoms with van der Waals surface area (Å²) in [6.45, 7) is -0.126. The molecule has 0 aliphatic heterocycles. The zero-order valence-electron chi connectivity index (χ0n) is 10.2. The third-order valence-electron chi connectivity index (χ3n) is 2.70. The molecule has 6 nitrogen and oxygen atoms in total. The lowest BCUT2D eigenvalue weighted by Gasteiger charge is -2.04. The molecule has 0 radical (unpaired) electrons. The Morgan fingerprint density at radius 2 is 1.83 bits per heavy atom. The summed E-state index contributed by atoms with van der Waals surface area (Å²) < 4.78 is 4.06. The summed E-state index contributed by atoms with van der Waals surface area (Å²) in [5, 5.41) is 0. The number of hydrogen-bond donors (Lipinski definition) is 0. The first-order valence-corrected chi connectivity index (χ1v) is 5.40. The van der Waals surface area contributed by atoms with Crippen LogP contribution in [0.5, 0.6) is 0 Å². The topological polar surface area (TPSA) is 66.0 Å². The molecule has 18 heavy (non-hydrogen) atoms. The van der Waals surface area contributed by atoms with Crippen LogP contribution in [0.1, 0.15) is 10.4 Å². The van der Waals surface area contributed by atoms with Crippen LogP contribution in [0.15, 0.2) is 40.4 Å². The maximum absolute atomic E-state index is 11.9. The van der Waals surface area contributed by atoms with Crippen molar-refractivity contribution in [2.45, 2.75) is 6.54 Å². The van der Waals surface area contributed by atoms with Crippen molar-refractivity contribution < 1.29 is 4.79 Å². The number of aromatic nitrogens is 3. The highest BCUT2D eigenvalue weighted by atomic mass is 16.2. The van der Waals surface area contributed by atoms with Crippen LogP contribution in [0, 0.1) is 0 Å². The molecule has 0 bridgehead atoms. The molecule has 0 spiro atoms. The second kappa shape index (κ2) is 4.48. The fraction of sp³-hybridized carbons (Fsp3) is 0.250. The first-order valence-electron chi connectivity index (χ1n) is 5.40. The Balaban J connectivity index is 2.31. The Kier molecular flexibility index (Phi) is 3.01. The van der Waals surface area contributed by atoms with Gasteiger partial charge in [0, 0.05) is 44.4 Å². The van der Waals surface area contributed by atoms with Gasteiger partial charge in [0.1, 0.15) is 0 Å². The van der Waals surface area contributed by atoms with Gasteiger partial charge in [-0.3, -0.25) is 14.4 Å². The molecule has 0 fully saturated rings. The van der Waals surface area contributed by atoms with E-state index in [0.717, 1.165) is 4.57 Å². The van der Waals surface area contributed by atoms with Gasteiger partial charge < -0.3 is 13.7 Å². The number of aryl methyl sites for hydroxylation is 2. The van der Waals surface area contributed by atoms with E-state index < -0.39 is 11.1 Å². The molecule has 0 N–H and O–H groups in total. The van der Waals surface area contributed by atoms with E-state index in [0.29, 0.717) is 5.56 Å². The van der Waals surface area contributed by atoms with E-state index in [4.69, 9.17) is 0 Å².